The van der Waals surface area contributed by atoms with Crippen molar-refractivity contribution < 1.29 is 14.3 Å². The van der Waals surface area contributed by atoms with Gasteiger partial charge in [-0.3, -0.25) is 0 Å². The zero-order valence-corrected chi connectivity index (χ0v) is 11.7. The molecule has 0 heterocycles. The zero-order chi connectivity index (χ0) is 14.1. The number of carbonyl (C=O) groups is 1. The van der Waals surface area contributed by atoms with Crippen molar-refractivity contribution in [2.45, 2.75) is 31.7 Å². The molecule has 0 aliphatic carbocycles. The van der Waals surface area contributed by atoms with Gasteiger partial charge in [-0.15, -0.1) is 0 Å². The smallest absolute Gasteiger partial charge is 0.330 e. The van der Waals surface area contributed by atoms with Crippen molar-refractivity contribution >= 4 is 5.97 Å². The van der Waals surface area contributed by atoms with Crippen LogP contribution in [-0.2, 0) is 19.8 Å². The number of esters is 1. The molecule has 0 spiro atoms. The molecular formula is C15H23NO3. The van der Waals surface area contributed by atoms with E-state index in [2.05, 4.69) is 6.92 Å². The summed E-state index contributed by atoms with van der Waals surface area (Å²) >= 11 is 0. The van der Waals surface area contributed by atoms with Crippen molar-refractivity contribution in [2.24, 2.45) is 5.73 Å². The van der Waals surface area contributed by atoms with E-state index in [-0.39, 0.29) is 0 Å². The van der Waals surface area contributed by atoms with Crippen LogP contribution < -0.4 is 5.73 Å². The molecule has 4 nitrogen and oxygen atoms in total. The molecule has 4 heteroatoms. The molecule has 0 bridgehead atoms. The van der Waals surface area contributed by atoms with E-state index >= 15 is 0 Å². The quantitative estimate of drug-likeness (QED) is 0.578. The Kier molecular flexibility index (Phi) is 6.53. The molecule has 0 aliphatic rings. The summed E-state index contributed by atoms with van der Waals surface area (Å²) < 4.78 is 10.3. The van der Waals surface area contributed by atoms with Gasteiger partial charge in [-0.05, 0) is 12.0 Å². The van der Waals surface area contributed by atoms with Crippen LogP contribution in [0.25, 0.3) is 0 Å². The molecule has 0 amide bonds. The Morgan fingerprint density at radius 2 is 1.95 bits per heavy atom. The van der Waals surface area contributed by atoms with Crippen LogP contribution in [0.15, 0.2) is 30.3 Å². The van der Waals surface area contributed by atoms with E-state index in [4.69, 9.17) is 15.2 Å². The molecule has 0 fully saturated rings. The largest absolute Gasteiger partial charge is 0.467 e. The highest BCUT2D eigenvalue weighted by atomic mass is 16.5. The second-order valence-corrected chi connectivity index (χ2v) is 4.54. The average Bonchev–Trinajstić information content (AvgIpc) is 2.46. The van der Waals surface area contributed by atoms with Gasteiger partial charge in [-0.2, -0.15) is 0 Å². The zero-order valence-electron chi connectivity index (χ0n) is 11.7. The Bertz CT molecular complexity index is 380. The van der Waals surface area contributed by atoms with E-state index in [9.17, 15) is 4.79 Å². The van der Waals surface area contributed by atoms with Crippen LogP contribution in [0, 0.1) is 0 Å². The predicted octanol–water partition coefficient (Wildman–Crippen LogP) is 2.22. The van der Waals surface area contributed by atoms with Gasteiger partial charge < -0.3 is 15.2 Å². The summed E-state index contributed by atoms with van der Waals surface area (Å²) in [4.78, 5) is 12.0. The molecular weight excluding hydrogens is 242 g/mol. The van der Waals surface area contributed by atoms with Crippen molar-refractivity contribution in [2.75, 3.05) is 20.3 Å². The van der Waals surface area contributed by atoms with E-state index in [1.807, 2.05) is 30.3 Å². The molecule has 0 aliphatic heterocycles. The van der Waals surface area contributed by atoms with Crippen LogP contribution in [0.5, 0.6) is 0 Å². The monoisotopic (exact) mass is 265 g/mol. The number of methoxy groups -OCH3 is 1. The molecule has 2 N–H and O–H groups in total. The van der Waals surface area contributed by atoms with Crippen LogP contribution in [0.1, 0.15) is 31.7 Å². The highest BCUT2D eigenvalue weighted by Crippen LogP contribution is 2.23. The molecule has 19 heavy (non-hydrogen) atoms. The second kappa shape index (κ2) is 7.92. The third-order valence-electron chi connectivity index (χ3n) is 3.12. The Labute approximate surface area is 114 Å². The number of unbranched alkanes of at least 4 members (excludes halogenated alkanes) is 1. The second-order valence-electron chi connectivity index (χ2n) is 4.54. The van der Waals surface area contributed by atoms with Gasteiger partial charge in [-0.1, -0.05) is 43.7 Å². The fourth-order valence-corrected chi connectivity index (χ4v) is 1.86. The van der Waals surface area contributed by atoms with Crippen molar-refractivity contribution in [3.8, 4) is 0 Å². The highest BCUT2D eigenvalue weighted by molar-refractivity contribution is 5.82. The van der Waals surface area contributed by atoms with E-state index < -0.39 is 11.5 Å². The first-order valence-corrected chi connectivity index (χ1v) is 6.65. The maximum Gasteiger partial charge on any atom is 0.330 e. The Hall–Kier alpha value is -1.39. The maximum absolute atomic E-state index is 12.0. The number of carbonyl (C=O) groups excluding carboxylic acids is 1. The number of nitrogens with two attached hydrogens (primary N) is 1. The fraction of sp³-hybridized carbons (Fsp3) is 0.533. The van der Waals surface area contributed by atoms with Gasteiger partial charge >= 0.3 is 5.97 Å². The lowest BCUT2D eigenvalue weighted by Crippen LogP contribution is -2.46. The minimum absolute atomic E-state index is 0.410. The molecule has 1 aromatic carbocycles. The van der Waals surface area contributed by atoms with Gasteiger partial charge in [0.1, 0.15) is 5.54 Å². The van der Waals surface area contributed by atoms with Gasteiger partial charge in [0.2, 0.25) is 0 Å². The minimum atomic E-state index is -1.14. The maximum atomic E-state index is 12.0. The van der Waals surface area contributed by atoms with E-state index in [0.717, 1.165) is 18.4 Å². The van der Waals surface area contributed by atoms with Crippen molar-refractivity contribution in [1.29, 1.82) is 0 Å². The molecule has 0 radical (unpaired) electrons. The van der Waals surface area contributed by atoms with Crippen LogP contribution in [-0.4, -0.2) is 26.3 Å². The van der Waals surface area contributed by atoms with Crippen LogP contribution in [0.2, 0.25) is 0 Å². The van der Waals surface area contributed by atoms with Crippen LogP contribution in [0.4, 0.5) is 0 Å². The topological polar surface area (TPSA) is 61.5 Å². The lowest BCUT2D eigenvalue weighted by Gasteiger charge is -2.27. The summed E-state index contributed by atoms with van der Waals surface area (Å²) in [6.45, 7) is 3.25. The third-order valence-corrected chi connectivity index (χ3v) is 3.12. The van der Waals surface area contributed by atoms with Crippen molar-refractivity contribution in [1.82, 2.24) is 0 Å². The minimum Gasteiger partial charge on any atom is -0.467 e. The number of hydrogen-bond acceptors (Lipinski definition) is 4. The molecule has 0 saturated heterocycles. The first kappa shape index (κ1) is 15.7. The van der Waals surface area contributed by atoms with Gasteiger partial charge in [0.25, 0.3) is 0 Å². The first-order valence-electron chi connectivity index (χ1n) is 6.65. The number of rotatable bonds is 8. The molecule has 1 unspecified atom stereocenters. The summed E-state index contributed by atoms with van der Waals surface area (Å²) in [6.07, 6.45) is 2.51. The van der Waals surface area contributed by atoms with E-state index in [1.54, 1.807) is 0 Å². The summed E-state index contributed by atoms with van der Waals surface area (Å²) in [5.41, 5.74) is 5.85. The number of hydrogen-bond donors (Lipinski definition) is 1. The summed E-state index contributed by atoms with van der Waals surface area (Å²) in [5, 5.41) is 0. The summed E-state index contributed by atoms with van der Waals surface area (Å²) in [5.74, 6) is -0.433. The third kappa shape index (κ3) is 4.33. The molecule has 1 atom stereocenters. The van der Waals surface area contributed by atoms with E-state index in [1.165, 1.54) is 7.11 Å². The number of benzene rings is 1. The Morgan fingerprint density at radius 1 is 1.26 bits per heavy atom. The molecule has 0 saturated carbocycles. The standard InChI is InChI=1S/C15H23NO3/c1-3-4-11-19-12-10-15(16,14(17)18-2)13-8-6-5-7-9-13/h5-9H,3-4,10-12,16H2,1-2H3. The highest BCUT2D eigenvalue weighted by Gasteiger charge is 2.36. The van der Waals surface area contributed by atoms with Crippen LogP contribution in [0.3, 0.4) is 0 Å². The van der Waals surface area contributed by atoms with Gasteiger partial charge in [0, 0.05) is 19.6 Å². The Morgan fingerprint density at radius 3 is 2.53 bits per heavy atom. The van der Waals surface area contributed by atoms with Crippen molar-refractivity contribution in [3.05, 3.63) is 35.9 Å². The van der Waals surface area contributed by atoms with Crippen molar-refractivity contribution in [3.63, 3.8) is 0 Å². The SMILES string of the molecule is CCCCOCCC(N)(C(=O)OC)c1ccccc1. The van der Waals surface area contributed by atoms with Gasteiger partial charge in [0.15, 0.2) is 0 Å². The average molecular weight is 265 g/mol. The number of ether oxygens (including phenoxy) is 2. The molecule has 0 aromatic heterocycles. The lowest BCUT2D eigenvalue weighted by atomic mass is 9.88. The first-order chi connectivity index (χ1) is 9.15. The fourth-order valence-electron chi connectivity index (χ4n) is 1.86. The summed E-state index contributed by atoms with van der Waals surface area (Å²) in [6, 6.07) is 9.28. The lowest BCUT2D eigenvalue weighted by molar-refractivity contribution is -0.148. The normalized spacial score (nSPS) is 13.8. The van der Waals surface area contributed by atoms with Gasteiger partial charge in [0.05, 0.1) is 7.11 Å². The Balaban J connectivity index is 2.69. The predicted molar refractivity (Wildman–Crippen MR) is 74.7 cm³/mol. The molecule has 1 rings (SSSR count). The summed E-state index contributed by atoms with van der Waals surface area (Å²) in [7, 11) is 1.35. The molecule has 106 valence electrons. The van der Waals surface area contributed by atoms with Gasteiger partial charge in [-0.25, -0.2) is 4.79 Å². The van der Waals surface area contributed by atoms with E-state index in [0.29, 0.717) is 19.6 Å². The molecule has 1 aromatic rings. The van der Waals surface area contributed by atoms with Crippen LogP contribution >= 0.6 is 0 Å².